The predicted molar refractivity (Wildman–Crippen MR) is 93.5 cm³/mol. The number of nitrogens with one attached hydrogen (secondary N) is 1. The summed E-state index contributed by atoms with van der Waals surface area (Å²) in [4.78, 5) is 29.3. The van der Waals surface area contributed by atoms with Crippen molar-refractivity contribution in [2.24, 2.45) is 0 Å². The van der Waals surface area contributed by atoms with E-state index in [1.165, 1.54) is 6.92 Å². The molecule has 0 aliphatic carbocycles. The van der Waals surface area contributed by atoms with Crippen molar-refractivity contribution in [3.05, 3.63) is 64.9 Å². The van der Waals surface area contributed by atoms with E-state index in [-0.39, 0.29) is 11.8 Å². The third kappa shape index (κ3) is 6.01. The highest BCUT2D eigenvalue weighted by atomic mass is 35.5. The van der Waals surface area contributed by atoms with E-state index in [2.05, 4.69) is 10.3 Å². The summed E-state index contributed by atoms with van der Waals surface area (Å²) in [5.41, 5.74) is 1.91. The number of aromatic nitrogens is 1. The average molecular weight is 346 g/mol. The minimum Gasteiger partial charge on any atom is -0.354 e. The minimum atomic E-state index is -0.0789. The SMILES string of the molecule is CC(=O)N(CCNC(=O)Cc1ccc(Cl)cc1)Cc1ccncc1. The molecule has 0 bridgehead atoms. The third-order valence-corrected chi connectivity index (χ3v) is 3.80. The topological polar surface area (TPSA) is 62.3 Å². The summed E-state index contributed by atoms with van der Waals surface area (Å²) >= 11 is 5.82. The van der Waals surface area contributed by atoms with E-state index in [0.29, 0.717) is 31.1 Å². The molecule has 1 aromatic carbocycles. The molecule has 2 aromatic rings. The summed E-state index contributed by atoms with van der Waals surface area (Å²) < 4.78 is 0. The molecule has 2 rings (SSSR count). The Morgan fingerprint density at radius 3 is 2.38 bits per heavy atom. The van der Waals surface area contributed by atoms with E-state index in [9.17, 15) is 9.59 Å². The molecule has 5 nitrogen and oxygen atoms in total. The van der Waals surface area contributed by atoms with Crippen LogP contribution in [-0.4, -0.2) is 34.8 Å². The van der Waals surface area contributed by atoms with Crippen LogP contribution < -0.4 is 5.32 Å². The highest BCUT2D eigenvalue weighted by Gasteiger charge is 2.10. The average Bonchev–Trinajstić information content (AvgIpc) is 2.57. The molecule has 0 spiro atoms. The Balaban J connectivity index is 1.78. The fourth-order valence-corrected chi connectivity index (χ4v) is 2.36. The first-order valence-corrected chi connectivity index (χ1v) is 8.08. The molecule has 0 saturated heterocycles. The highest BCUT2D eigenvalue weighted by Crippen LogP contribution is 2.09. The van der Waals surface area contributed by atoms with E-state index in [4.69, 9.17) is 11.6 Å². The lowest BCUT2D eigenvalue weighted by Crippen LogP contribution is -2.37. The Hall–Kier alpha value is -2.40. The van der Waals surface area contributed by atoms with Crippen LogP contribution in [0.3, 0.4) is 0 Å². The van der Waals surface area contributed by atoms with Crippen molar-refractivity contribution in [2.45, 2.75) is 19.9 Å². The molecule has 0 radical (unpaired) electrons. The van der Waals surface area contributed by atoms with Crippen LogP contribution in [0.5, 0.6) is 0 Å². The first kappa shape index (κ1) is 17.9. The van der Waals surface area contributed by atoms with Crippen LogP contribution >= 0.6 is 11.6 Å². The lowest BCUT2D eigenvalue weighted by Gasteiger charge is -2.21. The number of carbonyl (C=O) groups is 2. The lowest BCUT2D eigenvalue weighted by atomic mass is 10.1. The Bertz CT molecular complexity index is 674. The number of amides is 2. The van der Waals surface area contributed by atoms with E-state index in [1.807, 2.05) is 24.3 Å². The number of carbonyl (C=O) groups excluding carboxylic acids is 2. The maximum Gasteiger partial charge on any atom is 0.224 e. The van der Waals surface area contributed by atoms with Gasteiger partial charge < -0.3 is 10.2 Å². The van der Waals surface area contributed by atoms with Gasteiger partial charge in [0, 0.05) is 44.0 Å². The van der Waals surface area contributed by atoms with Gasteiger partial charge in [0.2, 0.25) is 11.8 Å². The van der Waals surface area contributed by atoms with E-state index < -0.39 is 0 Å². The van der Waals surface area contributed by atoms with Gasteiger partial charge in [0.15, 0.2) is 0 Å². The fourth-order valence-electron chi connectivity index (χ4n) is 2.24. The van der Waals surface area contributed by atoms with Crippen LogP contribution in [0.4, 0.5) is 0 Å². The van der Waals surface area contributed by atoms with Crippen molar-refractivity contribution in [3.63, 3.8) is 0 Å². The van der Waals surface area contributed by atoms with Gasteiger partial charge >= 0.3 is 0 Å². The van der Waals surface area contributed by atoms with Gasteiger partial charge in [0.25, 0.3) is 0 Å². The van der Waals surface area contributed by atoms with Gasteiger partial charge in [0.05, 0.1) is 6.42 Å². The summed E-state index contributed by atoms with van der Waals surface area (Å²) in [5.74, 6) is -0.108. The largest absolute Gasteiger partial charge is 0.354 e. The predicted octanol–water partition coefficient (Wildman–Crippen LogP) is 2.44. The monoisotopic (exact) mass is 345 g/mol. The van der Waals surface area contributed by atoms with Gasteiger partial charge in [-0.2, -0.15) is 0 Å². The number of benzene rings is 1. The number of nitrogens with zero attached hydrogens (tertiary/aromatic N) is 2. The number of hydrogen-bond acceptors (Lipinski definition) is 3. The fraction of sp³-hybridized carbons (Fsp3) is 0.278. The number of hydrogen-bond donors (Lipinski definition) is 1. The van der Waals surface area contributed by atoms with Crippen molar-refractivity contribution in [2.75, 3.05) is 13.1 Å². The van der Waals surface area contributed by atoms with Gasteiger partial charge in [-0.3, -0.25) is 14.6 Å². The molecule has 1 aromatic heterocycles. The van der Waals surface area contributed by atoms with Crippen LogP contribution in [0.25, 0.3) is 0 Å². The van der Waals surface area contributed by atoms with Gasteiger partial charge in [-0.1, -0.05) is 23.7 Å². The second kappa shape index (κ2) is 9.03. The zero-order valence-corrected chi connectivity index (χ0v) is 14.3. The molecule has 0 fully saturated rings. The molecular formula is C18H20ClN3O2. The molecule has 1 heterocycles. The Kier molecular flexibility index (Phi) is 6.75. The molecule has 126 valence electrons. The van der Waals surface area contributed by atoms with Crippen molar-refractivity contribution in [3.8, 4) is 0 Å². The van der Waals surface area contributed by atoms with E-state index in [1.54, 1.807) is 29.4 Å². The molecule has 0 saturated carbocycles. The molecule has 6 heteroatoms. The lowest BCUT2D eigenvalue weighted by molar-refractivity contribution is -0.130. The molecule has 0 unspecified atom stereocenters. The number of rotatable bonds is 7. The van der Waals surface area contributed by atoms with Gasteiger partial charge in [-0.05, 0) is 35.4 Å². The van der Waals surface area contributed by atoms with E-state index in [0.717, 1.165) is 11.1 Å². The Morgan fingerprint density at radius 1 is 1.08 bits per heavy atom. The molecule has 2 amide bonds. The maximum absolute atomic E-state index is 12.0. The number of halogens is 1. The molecular weight excluding hydrogens is 326 g/mol. The molecule has 24 heavy (non-hydrogen) atoms. The van der Waals surface area contributed by atoms with Gasteiger partial charge in [0.1, 0.15) is 0 Å². The van der Waals surface area contributed by atoms with Crippen LogP contribution in [-0.2, 0) is 22.6 Å². The zero-order valence-electron chi connectivity index (χ0n) is 13.5. The zero-order chi connectivity index (χ0) is 17.4. The Morgan fingerprint density at radius 2 is 1.75 bits per heavy atom. The van der Waals surface area contributed by atoms with Crippen LogP contribution in [0.15, 0.2) is 48.8 Å². The van der Waals surface area contributed by atoms with Gasteiger partial charge in [-0.25, -0.2) is 0 Å². The third-order valence-electron chi connectivity index (χ3n) is 3.55. The van der Waals surface area contributed by atoms with E-state index >= 15 is 0 Å². The summed E-state index contributed by atoms with van der Waals surface area (Å²) in [5, 5.41) is 3.48. The summed E-state index contributed by atoms with van der Waals surface area (Å²) in [6, 6.07) is 10.9. The molecule has 0 aliphatic heterocycles. The van der Waals surface area contributed by atoms with Gasteiger partial charge in [-0.15, -0.1) is 0 Å². The Labute approximate surface area is 146 Å². The van der Waals surface area contributed by atoms with Crippen molar-refractivity contribution in [1.82, 2.24) is 15.2 Å². The maximum atomic E-state index is 12.0. The standard InChI is InChI=1S/C18H20ClN3O2/c1-14(23)22(13-16-6-8-20-9-7-16)11-10-21-18(24)12-15-2-4-17(19)5-3-15/h2-9H,10-13H2,1H3,(H,21,24). The second-order valence-corrected chi connectivity index (χ2v) is 5.89. The number of pyridine rings is 1. The smallest absolute Gasteiger partial charge is 0.224 e. The van der Waals surface area contributed by atoms with Crippen LogP contribution in [0, 0.1) is 0 Å². The van der Waals surface area contributed by atoms with Crippen molar-refractivity contribution in [1.29, 1.82) is 0 Å². The normalized spacial score (nSPS) is 10.2. The summed E-state index contributed by atoms with van der Waals surface area (Å²) in [6.07, 6.45) is 3.69. The van der Waals surface area contributed by atoms with Crippen molar-refractivity contribution < 1.29 is 9.59 Å². The summed E-state index contributed by atoms with van der Waals surface area (Å²) in [7, 11) is 0. The molecule has 0 atom stereocenters. The minimum absolute atomic E-state index is 0.0289. The quantitative estimate of drug-likeness (QED) is 0.838. The highest BCUT2D eigenvalue weighted by molar-refractivity contribution is 6.30. The second-order valence-electron chi connectivity index (χ2n) is 5.45. The van der Waals surface area contributed by atoms with Crippen LogP contribution in [0.1, 0.15) is 18.1 Å². The molecule has 0 aliphatic rings. The summed E-state index contributed by atoms with van der Waals surface area (Å²) in [6.45, 7) is 2.91. The molecule has 1 N–H and O–H groups in total. The van der Waals surface area contributed by atoms with Crippen LogP contribution in [0.2, 0.25) is 5.02 Å². The first-order chi connectivity index (χ1) is 11.5. The van der Waals surface area contributed by atoms with Crippen molar-refractivity contribution >= 4 is 23.4 Å². The first-order valence-electron chi connectivity index (χ1n) is 7.70.